The average Bonchev–Trinajstić information content (AvgIpc) is 2.33. The van der Waals surface area contributed by atoms with E-state index in [9.17, 15) is 10.2 Å². The van der Waals surface area contributed by atoms with Crippen molar-refractivity contribution in [1.29, 1.82) is 0 Å². The Morgan fingerprint density at radius 1 is 1.25 bits per heavy atom. The lowest BCUT2D eigenvalue weighted by molar-refractivity contribution is -0.0208. The number of rotatable bonds is 3. The molecule has 3 N–H and O–H groups in total. The molecule has 1 unspecified atom stereocenters. The molecular formula is C8H14O4. The summed E-state index contributed by atoms with van der Waals surface area (Å²) in [6, 6.07) is 0. The molecule has 0 aromatic carbocycles. The van der Waals surface area contributed by atoms with Crippen LogP contribution >= 0.6 is 0 Å². The molecule has 70 valence electrons. The SMILES string of the molecule is C=CCC1O[C@H](CO)[C@@H](O)[C@H]1O. The van der Waals surface area contributed by atoms with E-state index in [1.54, 1.807) is 6.08 Å². The molecule has 1 heterocycles. The van der Waals surface area contributed by atoms with Crippen LogP contribution in [0.25, 0.3) is 0 Å². The molecule has 1 fully saturated rings. The van der Waals surface area contributed by atoms with Gasteiger partial charge < -0.3 is 20.1 Å². The quantitative estimate of drug-likeness (QED) is 0.482. The van der Waals surface area contributed by atoms with Crippen LogP contribution in [0.5, 0.6) is 0 Å². The summed E-state index contributed by atoms with van der Waals surface area (Å²) in [6.07, 6.45) is -0.908. The highest BCUT2D eigenvalue weighted by molar-refractivity contribution is 4.93. The highest BCUT2D eigenvalue weighted by atomic mass is 16.6. The second-order valence-corrected chi connectivity index (χ2v) is 2.90. The van der Waals surface area contributed by atoms with Crippen LogP contribution in [0.15, 0.2) is 12.7 Å². The Morgan fingerprint density at radius 3 is 2.25 bits per heavy atom. The van der Waals surface area contributed by atoms with Gasteiger partial charge in [0.05, 0.1) is 12.7 Å². The molecule has 1 saturated heterocycles. The predicted molar refractivity (Wildman–Crippen MR) is 42.6 cm³/mol. The minimum absolute atomic E-state index is 0.272. The number of hydrogen-bond donors (Lipinski definition) is 3. The fourth-order valence-electron chi connectivity index (χ4n) is 1.34. The Bertz CT molecular complexity index is 159. The van der Waals surface area contributed by atoms with Gasteiger partial charge in [0.2, 0.25) is 0 Å². The van der Waals surface area contributed by atoms with Gasteiger partial charge in [-0.25, -0.2) is 0 Å². The van der Waals surface area contributed by atoms with E-state index in [1.807, 2.05) is 0 Å². The third-order valence-corrected chi connectivity index (χ3v) is 2.04. The van der Waals surface area contributed by atoms with Crippen molar-refractivity contribution >= 4 is 0 Å². The largest absolute Gasteiger partial charge is 0.394 e. The second kappa shape index (κ2) is 4.00. The van der Waals surface area contributed by atoms with Gasteiger partial charge in [0.1, 0.15) is 18.3 Å². The van der Waals surface area contributed by atoms with Gasteiger partial charge in [0, 0.05) is 0 Å². The molecule has 1 aliphatic heterocycles. The predicted octanol–water partition coefficient (Wildman–Crippen LogP) is -0.956. The van der Waals surface area contributed by atoms with Gasteiger partial charge in [0.25, 0.3) is 0 Å². The fourth-order valence-corrected chi connectivity index (χ4v) is 1.34. The first-order chi connectivity index (χ1) is 5.70. The molecule has 0 bridgehead atoms. The zero-order valence-electron chi connectivity index (χ0n) is 6.76. The third-order valence-electron chi connectivity index (χ3n) is 2.04. The summed E-state index contributed by atoms with van der Waals surface area (Å²) in [7, 11) is 0. The minimum Gasteiger partial charge on any atom is -0.394 e. The molecule has 0 aliphatic carbocycles. The smallest absolute Gasteiger partial charge is 0.111 e. The van der Waals surface area contributed by atoms with Gasteiger partial charge in [0.15, 0.2) is 0 Å². The Balaban J connectivity index is 2.53. The summed E-state index contributed by atoms with van der Waals surface area (Å²) < 4.78 is 5.15. The summed E-state index contributed by atoms with van der Waals surface area (Å²) in [5.74, 6) is 0. The average molecular weight is 174 g/mol. The standard InChI is InChI=1S/C8H14O4/c1-2-3-5-7(10)8(11)6(4-9)12-5/h2,5-11H,1,3-4H2/t5?,6-,7+,8-/m1/s1. The fraction of sp³-hybridized carbons (Fsp3) is 0.750. The van der Waals surface area contributed by atoms with Crippen molar-refractivity contribution in [1.82, 2.24) is 0 Å². The molecule has 0 aromatic rings. The maximum Gasteiger partial charge on any atom is 0.111 e. The van der Waals surface area contributed by atoms with Gasteiger partial charge in [-0.1, -0.05) is 6.08 Å². The summed E-state index contributed by atoms with van der Waals surface area (Å²) >= 11 is 0. The Kier molecular flexibility index (Phi) is 3.22. The molecule has 4 heteroatoms. The highest BCUT2D eigenvalue weighted by Gasteiger charge is 2.41. The van der Waals surface area contributed by atoms with Crippen LogP contribution in [0.1, 0.15) is 6.42 Å². The van der Waals surface area contributed by atoms with Gasteiger partial charge in [-0.15, -0.1) is 6.58 Å². The van der Waals surface area contributed by atoms with Gasteiger partial charge >= 0.3 is 0 Å². The van der Waals surface area contributed by atoms with E-state index in [0.717, 1.165) is 0 Å². The van der Waals surface area contributed by atoms with Crippen molar-refractivity contribution < 1.29 is 20.1 Å². The second-order valence-electron chi connectivity index (χ2n) is 2.90. The first kappa shape index (κ1) is 9.67. The van der Waals surface area contributed by atoms with E-state index >= 15 is 0 Å². The molecule has 12 heavy (non-hydrogen) atoms. The maximum absolute atomic E-state index is 9.36. The topological polar surface area (TPSA) is 69.9 Å². The molecule has 0 aromatic heterocycles. The van der Waals surface area contributed by atoms with E-state index in [1.165, 1.54) is 0 Å². The Hall–Kier alpha value is -0.420. The van der Waals surface area contributed by atoms with Gasteiger partial charge in [-0.2, -0.15) is 0 Å². The van der Waals surface area contributed by atoms with Crippen molar-refractivity contribution in [2.24, 2.45) is 0 Å². The van der Waals surface area contributed by atoms with Crippen LogP contribution in [-0.4, -0.2) is 46.3 Å². The summed E-state index contributed by atoms with van der Waals surface area (Å²) in [5.41, 5.74) is 0. The number of hydrogen-bond acceptors (Lipinski definition) is 4. The molecule has 1 rings (SSSR count). The number of aliphatic hydroxyl groups is 3. The zero-order chi connectivity index (χ0) is 9.14. The Morgan fingerprint density at radius 2 is 1.83 bits per heavy atom. The molecule has 0 amide bonds. The van der Waals surface area contributed by atoms with E-state index in [0.29, 0.717) is 6.42 Å². The van der Waals surface area contributed by atoms with E-state index in [2.05, 4.69) is 6.58 Å². The van der Waals surface area contributed by atoms with Crippen molar-refractivity contribution in [3.05, 3.63) is 12.7 Å². The zero-order valence-corrected chi connectivity index (χ0v) is 6.76. The first-order valence-electron chi connectivity index (χ1n) is 3.94. The van der Waals surface area contributed by atoms with Crippen LogP contribution in [-0.2, 0) is 4.74 Å². The van der Waals surface area contributed by atoms with Crippen molar-refractivity contribution in [3.63, 3.8) is 0 Å². The van der Waals surface area contributed by atoms with Gasteiger partial charge in [-0.3, -0.25) is 0 Å². The van der Waals surface area contributed by atoms with E-state index in [-0.39, 0.29) is 6.61 Å². The lowest BCUT2D eigenvalue weighted by atomic mass is 10.1. The lowest BCUT2D eigenvalue weighted by Crippen LogP contribution is -2.33. The van der Waals surface area contributed by atoms with E-state index < -0.39 is 24.4 Å². The monoisotopic (exact) mass is 174 g/mol. The molecular weight excluding hydrogens is 160 g/mol. The van der Waals surface area contributed by atoms with Crippen LogP contribution in [0.4, 0.5) is 0 Å². The van der Waals surface area contributed by atoms with Crippen LogP contribution in [0, 0.1) is 0 Å². The maximum atomic E-state index is 9.36. The van der Waals surface area contributed by atoms with Crippen molar-refractivity contribution in [2.75, 3.05) is 6.61 Å². The number of ether oxygens (including phenoxy) is 1. The Labute approximate surface area is 71.1 Å². The minimum atomic E-state index is -0.986. The van der Waals surface area contributed by atoms with Crippen LogP contribution in [0.2, 0.25) is 0 Å². The van der Waals surface area contributed by atoms with Crippen LogP contribution < -0.4 is 0 Å². The lowest BCUT2D eigenvalue weighted by Gasteiger charge is -2.11. The number of aliphatic hydroxyl groups excluding tert-OH is 3. The molecule has 0 saturated carbocycles. The highest BCUT2D eigenvalue weighted by Crippen LogP contribution is 2.23. The van der Waals surface area contributed by atoms with Crippen molar-refractivity contribution in [3.8, 4) is 0 Å². The van der Waals surface area contributed by atoms with E-state index in [4.69, 9.17) is 9.84 Å². The summed E-state index contributed by atoms with van der Waals surface area (Å²) in [5, 5.41) is 27.4. The van der Waals surface area contributed by atoms with Crippen molar-refractivity contribution in [2.45, 2.75) is 30.8 Å². The molecule has 4 nitrogen and oxygen atoms in total. The summed E-state index contributed by atoms with van der Waals surface area (Å²) in [6.45, 7) is 3.23. The first-order valence-corrected chi connectivity index (χ1v) is 3.94. The van der Waals surface area contributed by atoms with Crippen LogP contribution in [0.3, 0.4) is 0 Å². The third kappa shape index (κ3) is 1.67. The molecule has 1 aliphatic rings. The summed E-state index contributed by atoms with van der Waals surface area (Å²) in [4.78, 5) is 0. The molecule has 0 radical (unpaired) electrons. The normalized spacial score (nSPS) is 41.6. The molecule has 0 spiro atoms. The van der Waals surface area contributed by atoms with Gasteiger partial charge in [-0.05, 0) is 6.42 Å². The molecule has 4 atom stereocenters.